The fraction of sp³-hybridized carbons (Fsp3) is 0.333. The molecule has 0 radical (unpaired) electrons. The van der Waals surface area contributed by atoms with Gasteiger partial charge in [0.25, 0.3) is 0 Å². The number of carbonyl (C=O) groups is 2. The Morgan fingerprint density at radius 2 is 1.00 bits per heavy atom. The molecule has 0 aliphatic heterocycles. The zero-order chi connectivity index (χ0) is 21.0. The average molecular weight is 391 g/mol. The Kier molecular flexibility index (Phi) is 15.9. The summed E-state index contributed by atoms with van der Waals surface area (Å²) in [6.07, 6.45) is 0. The number of rotatable bonds is 9. The highest BCUT2D eigenvalue weighted by Crippen LogP contribution is 2.09. The molecule has 0 aliphatic rings. The van der Waals surface area contributed by atoms with E-state index in [1.54, 1.807) is 48.5 Å². The van der Waals surface area contributed by atoms with Crippen molar-refractivity contribution >= 4 is 11.9 Å². The van der Waals surface area contributed by atoms with Crippen molar-refractivity contribution in [1.29, 1.82) is 0 Å². The van der Waals surface area contributed by atoms with Gasteiger partial charge in [0.1, 0.15) is 24.7 Å². The van der Waals surface area contributed by atoms with Crippen LogP contribution >= 0.6 is 0 Å². The van der Waals surface area contributed by atoms with Gasteiger partial charge in [0.15, 0.2) is 0 Å². The molecule has 154 valence electrons. The van der Waals surface area contributed by atoms with Crippen LogP contribution in [0.25, 0.3) is 0 Å². The van der Waals surface area contributed by atoms with Gasteiger partial charge in [-0.25, -0.2) is 9.59 Å². The van der Waals surface area contributed by atoms with E-state index in [1.165, 1.54) is 7.05 Å². The highest BCUT2D eigenvalue weighted by Gasteiger charge is 2.06. The number of esters is 2. The Labute approximate surface area is 166 Å². The standard InChI is InChI=1S/C18H18O6.C2H6.CH5N/c19-17(23-15-7-3-1-4-8-15)13-21-11-12-22-14-18(20)24-16-9-5-2-6-10-16;2*1-2/h1-10H,11-14H2;1-2H3;2H2,1H3. The fourth-order valence-electron chi connectivity index (χ4n) is 1.73. The highest BCUT2D eigenvalue weighted by molar-refractivity contribution is 5.74. The minimum absolute atomic E-state index is 0.169. The van der Waals surface area contributed by atoms with Crippen molar-refractivity contribution in [2.45, 2.75) is 13.8 Å². The minimum Gasteiger partial charge on any atom is -0.425 e. The Morgan fingerprint density at radius 3 is 1.32 bits per heavy atom. The quantitative estimate of drug-likeness (QED) is 0.399. The first-order chi connectivity index (χ1) is 13.7. The molecule has 0 spiro atoms. The molecule has 0 saturated heterocycles. The van der Waals surface area contributed by atoms with E-state index in [0.717, 1.165) is 0 Å². The lowest BCUT2D eigenvalue weighted by Gasteiger charge is -2.07. The molecule has 0 bridgehead atoms. The van der Waals surface area contributed by atoms with Crippen molar-refractivity contribution in [3.05, 3.63) is 60.7 Å². The van der Waals surface area contributed by atoms with Gasteiger partial charge >= 0.3 is 11.9 Å². The normalized spacial score (nSPS) is 9.14. The van der Waals surface area contributed by atoms with E-state index in [-0.39, 0.29) is 26.4 Å². The van der Waals surface area contributed by atoms with Gasteiger partial charge in [-0.2, -0.15) is 0 Å². The maximum Gasteiger partial charge on any atom is 0.337 e. The van der Waals surface area contributed by atoms with Crippen LogP contribution in [0.15, 0.2) is 60.7 Å². The molecule has 0 aliphatic carbocycles. The molecule has 0 atom stereocenters. The van der Waals surface area contributed by atoms with Gasteiger partial charge in [-0.3, -0.25) is 0 Å². The largest absolute Gasteiger partial charge is 0.425 e. The first-order valence-corrected chi connectivity index (χ1v) is 8.99. The number of para-hydroxylation sites is 2. The minimum atomic E-state index is -0.496. The lowest BCUT2D eigenvalue weighted by atomic mass is 10.3. The fourth-order valence-corrected chi connectivity index (χ4v) is 1.73. The zero-order valence-electron chi connectivity index (χ0n) is 16.6. The molecule has 0 fully saturated rings. The van der Waals surface area contributed by atoms with Crippen molar-refractivity contribution in [3.8, 4) is 11.5 Å². The van der Waals surface area contributed by atoms with E-state index >= 15 is 0 Å². The SMILES string of the molecule is CC.CN.O=C(COCCOCC(=O)Oc1ccccc1)Oc1ccccc1. The molecule has 2 aromatic rings. The Balaban J connectivity index is 0.00000171. The second kappa shape index (κ2) is 17.7. The molecule has 7 heteroatoms. The topological polar surface area (TPSA) is 97.1 Å². The van der Waals surface area contributed by atoms with Crippen LogP contribution in [-0.4, -0.2) is 45.4 Å². The summed E-state index contributed by atoms with van der Waals surface area (Å²) < 4.78 is 20.3. The van der Waals surface area contributed by atoms with Gasteiger partial charge in [-0.1, -0.05) is 50.2 Å². The predicted octanol–water partition coefficient (Wildman–Crippen LogP) is 2.83. The van der Waals surface area contributed by atoms with Crippen LogP contribution in [0.5, 0.6) is 11.5 Å². The molecule has 0 saturated carbocycles. The van der Waals surface area contributed by atoms with E-state index in [4.69, 9.17) is 18.9 Å². The summed E-state index contributed by atoms with van der Waals surface area (Å²) in [5.74, 6) is -0.0635. The summed E-state index contributed by atoms with van der Waals surface area (Å²) in [4.78, 5) is 23.0. The van der Waals surface area contributed by atoms with E-state index in [0.29, 0.717) is 11.5 Å². The molecule has 0 unspecified atom stereocenters. The molecule has 0 heterocycles. The van der Waals surface area contributed by atoms with Gasteiger partial charge in [0.05, 0.1) is 13.2 Å². The first-order valence-electron chi connectivity index (χ1n) is 8.99. The number of hydrogen-bond donors (Lipinski definition) is 1. The summed E-state index contributed by atoms with van der Waals surface area (Å²) in [5.41, 5.74) is 4.50. The third-order valence-corrected chi connectivity index (χ3v) is 2.76. The summed E-state index contributed by atoms with van der Waals surface area (Å²) in [6.45, 7) is 3.96. The molecular formula is C21H29NO6. The van der Waals surface area contributed by atoms with Crippen molar-refractivity contribution in [2.75, 3.05) is 33.5 Å². The third-order valence-electron chi connectivity index (χ3n) is 2.76. The number of carbonyl (C=O) groups excluding carboxylic acids is 2. The van der Waals surface area contributed by atoms with Crippen molar-refractivity contribution < 1.29 is 28.5 Å². The van der Waals surface area contributed by atoms with Gasteiger partial charge in [-0.05, 0) is 31.3 Å². The Hall–Kier alpha value is -2.74. The summed E-state index contributed by atoms with van der Waals surface area (Å²) in [6, 6.07) is 17.5. The summed E-state index contributed by atoms with van der Waals surface area (Å²) >= 11 is 0. The second-order valence-electron chi connectivity index (χ2n) is 4.68. The lowest BCUT2D eigenvalue weighted by molar-refractivity contribution is -0.143. The maximum atomic E-state index is 11.5. The monoisotopic (exact) mass is 391 g/mol. The number of benzene rings is 2. The average Bonchev–Trinajstić information content (AvgIpc) is 2.75. The molecule has 0 aromatic heterocycles. The molecule has 2 rings (SSSR count). The third kappa shape index (κ3) is 12.6. The molecule has 28 heavy (non-hydrogen) atoms. The van der Waals surface area contributed by atoms with E-state index in [2.05, 4.69) is 5.73 Å². The summed E-state index contributed by atoms with van der Waals surface area (Å²) in [5, 5.41) is 0. The molecule has 7 nitrogen and oxygen atoms in total. The Morgan fingerprint density at radius 1 is 0.679 bits per heavy atom. The summed E-state index contributed by atoms with van der Waals surface area (Å²) in [7, 11) is 1.50. The lowest BCUT2D eigenvalue weighted by Crippen LogP contribution is -2.20. The van der Waals surface area contributed by atoms with Gasteiger partial charge < -0.3 is 24.7 Å². The van der Waals surface area contributed by atoms with Crippen LogP contribution in [0, 0.1) is 0 Å². The van der Waals surface area contributed by atoms with E-state index in [9.17, 15) is 9.59 Å². The Bertz CT molecular complexity index is 576. The van der Waals surface area contributed by atoms with Crippen molar-refractivity contribution in [1.82, 2.24) is 0 Å². The first kappa shape index (κ1) is 25.3. The van der Waals surface area contributed by atoms with Gasteiger partial charge in [-0.15, -0.1) is 0 Å². The van der Waals surface area contributed by atoms with Crippen LogP contribution in [0.4, 0.5) is 0 Å². The van der Waals surface area contributed by atoms with Crippen LogP contribution in [0.2, 0.25) is 0 Å². The van der Waals surface area contributed by atoms with Gasteiger partial charge in [0, 0.05) is 0 Å². The number of nitrogens with two attached hydrogens (primary N) is 1. The predicted molar refractivity (Wildman–Crippen MR) is 107 cm³/mol. The second-order valence-corrected chi connectivity index (χ2v) is 4.68. The van der Waals surface area contributed by atoms with Crippen LogP contribution in [-0.2, 0) is 19.1 Å². The van der Waals surface area contributed by atoms with Crippen LogP contribution in [0.3, 0.4) is 0 Å². The number of hydrogen-bond acceptors (Lipinski definition) is 7. The smallest absolute Gasteiger partial charge is 0.337 e. The zero-order valence-corrected chi connectivity index (χ0v) is 16.6. The molecular weight excluding hydrogens is 362 g/mol. The maximum absolute atomic E-state index is 11.5. The van der Waals surface area contributed by atoms with Gasteiger partial charge in [0.2, 0.25) is 0 Å². The van der Waals surface area contributed by atoms with Crippen molar-refractivity contribution in [2.24, 2.45) is 5.73 Å². The number of ether oxygens (including phenoxy) is 4. The van der Waals surface area contributed by atoms with Crippen molar-refractivity contribution in [3.63, 3.8) is 0 Å². The molecule has 2 aromatic carbocycles. The van der Waals surface area contributed by atoms with E-state index < -0.39 is 11.9 Å². The highest BCUT2D eigenvalue weighted by atomic mass is 16.6. The van der Waals surface area contributed by atoms with E-state index in [1.807, 2.05) is 26.0 Å². The van der Waals surface area contributed by atoms with Crippen LogP contribution < -0.4 is 15.2 Å². The molecule has 0 amide bonds. The van der Waals surface area contributed by atoms with Crippen LogP contribution in [0.1, 0.15) is 13.8 Å². The molecule has 2 N–H and O–H groups in total.